The summed E-state index contributed by atoms with van der Waals surface area (Å²) in [7, 11) is 1.98. The van der Waals surface area contributed by atoms with E-state index in [9.17, 15) is 0 Å². The Labute approximate surface area is 70.1 Å². The summed E-state index contributed by atoms with van der Waals surface area (Å²) in [6, 6.07) is 0. The molecule has 0 aliphatic heterocycles. The summed E-state index contributed by atoms with van der Waals surface area (Å²) in [5, 5.41) is 3.14. The topological polar surface area (TPSA) is 24.4 Å². The van der Waals surface area contributed by atoms with Crippen LogP contribution in [-0.2, 0) is 0 Å². The minimum absolute atomic E-state index is 0.654. The fourth-order valence-corrected chi connectivity index (χ4v) is 0.836. The van der Waals surface area contributed by atoms with Crippen molar-refractivity contribution >= 4 is 5.71 Å². The lowest BCUT2D eigenvalue weighted by Crippen LogP contribution is -2.18. The third-order valence-electron chi connectivity index (χ3n) is 1.74. The lowest BCUT2D eigenvalue weighted by molar-refractivity contribution is 0.556. The molecule has 2 heteroatoms. The monoisotopic (exact) mass is 156 g/mol. The first kappa shape index (κ1) is 10.6. The van der Waals surface area contributed by atoms with Gasteiger partial charge < -0.3 is 5.32 Å². The molecule has 0 saturated carbocycles. The number of hydrogen-bond donors (Lipinski definition) is 1. The molecule has 1 N–H and O–H groups in total. The number of hydrogen-bond acceptors (Lipinski definition) is 2. The van der Waals surface area contributed by atoms with Gasteiger partial charge in [0.05, 0.1) is 0 Å². The van der Waals surface area contributed by atoms with E-state index in [1.165, 1.54) is 5.71 Å². The number of nitrogens with zero attached hydrogens (tertiary/aromatic N) is 1. The van der Waals surface area contributed by atoms with Crippen LogP contribution in [0.4, 0.5) is 0 Å². The Balaban J connectivity index is 3.50. The van der Waals surface area contributed by atoms with E-state index in [0.29, 0.717) is 5.92 Å². The molecule has 2 nitrogen and oxygen atoms in total. The van der Waals surface area contributed by atoms with Crippen LogP contribution in [0, 0.1) is 5.92 Å². The summed E-state index contributed by atoms with van der Waals surface area (Å²) in [5.41, 5.74) is 1.26. The average molecular weight is 156 g/mol. The summed E-state index contributed by atoms with van der Waals surface area (Å²) in [5.74, 6) is 0.654. The molecule has 66 valence electrons. The Morgan fingerprint density at radius 1 is 1.55 bits per heavy atom. The molecule has 0 amide bonds. The van der Waals surface area contributed by atoms with Crippen LogP contribution in [0.15, 0.2) is 4.99 Å². The molecule has 0 aromatic carbocycles. The molecule has 0 aliphatic rings. The van der Waals surface area contributed by atoms with Crippen molar-refractivity contribution in [3.63, 3.8) is 0 Å². The lowest BCUT2D eigenvalue weighted by Gasteiger charge is -2.06. The maximum atomic E-state index is 4.44. The largest absolute Gasteiger partial charge is 0.319 e. The van der Waals surface area contributed by atoms with Gasteiger partial charge in [-0.15, -0.1) is 0 Å². The second kappa shape index (κ2) is 6.35. The summed E-state index contributed by atoms with van der Waals surface area (Å²) in [6.45, 7) is 8.46. The van der Waals surface area contributed by atoms with Gasteiger partial charge in [0.25, 0.3) is 0 Å². The van der Waals surface area contributed by atoms with Gasteiger partial charge in [-0.1, -0.05) is 13.8 Å². The van der Waals surface area contributed by atoms with Crippen molar-refractivity contribution in [1.82, 2.24) is 5.32 Å². The van der Waals surface area contributed by atoms with E-state index in [-0.39, 0.29) is 0 Å². The summed E-state index contributed by atoms with van der Waals surface area (Å²) in [6.07, 6.45) is 1.08. The van der Waals surface area contributed by atoms with Gasteiger partial charge in [-0.25, -0.2) is 0 Å². The normalized spacial score (nSPS) is 15.1. The lowest BCUT2D eigenvalue weighted by atomic mass is 10.2. The highest BCUT2D eigenvalue weighted by molar-refractivity contribution is 5.81. The van der Waals surface area contributed by atoms with Crippen LogP contribution >= 0.6 is 0 Å². The molecule has 1 atom stereocenters. The molecule has 0 bridgehead atoms. The van der Waals surface area contributed by atoms with Crippen LogP contribution < -0.4 is 5.32 Å². The quantitative estimate of drug-likeness (QED) is 0.602. The molecule has 0 aromatic rings. The van der Waals surface area contributed by atoms with Crippen LogP contribution in [0.3, 0.4) is 0 Å². The summed E-state index contributed by atoms with van der Waals surface area (Å²) < 4.78 is 0. The van der Waals surface area contributed by atoms with Crippen LogP contribution in [0.1, 0.15) is 27.2 Å². The van der Waals surface area contributed by atoms with Crippen molar-refractivity contribution in [3.05, 3.63) is 0 Å². The molecule has 0 aromatic heterocycles. The zero-order chi connectivity index (χ0) is 8.69. The molecule has 0 saturated heterocycles. The van der Waals surface area contributed by atoms with Crippen LogP contribution in [0.5, 0.6) is 0 Å². The van der Waals surface area contributed by atoms with E-state index in [1.807, 2.05) is 7.05 Å². The van der Waals surface area contributed by atoms with Crippen molar-refractivity contribution in [2.45, 2.75) is 27.2 Å². The highest BCUT2D eigenvalue weighted by atomic mass is 14.8. The van der Waals surface area contributed by atoms with Gasteiger partial charge in [0.2, 0.25) is 0 Å². The van der Waals surface area contributed by atoms with E-state index >= 15 is 0 Å². The SMILES string of the molecule is CCC(C)=NCC(C)CNC. The van der Waals surface area contributed by atoms with E-state index in [0.717, 1.165) is 19.5 Å². The van der Waals surface area contributed by atoms with E-state index in [2.05, 4.69) is 31.1 Å². The van der Waals surface area contributed by atoms with Gasteiger partial charge in [0.1, 0.15) is 0 Å². The standard InChI is InChI=1S/C9H20N2/c1-5-9(3)11-7-8(2)6-10-4/h8,10H,5-7H2,1-4H3. The Morgan fingerprint density at radius 3 is 2.64 bits per heavy atom. The van der Waals surface area contributed by atoms with Crippen molar-refractivity contribution in [1.29, 1.82) is 0 Å². The second-order valence-corrected chi connectivity index (χ2v) is 3.09. The first-order chi connectivity index (χ1) is 5.20. The summed E-state index contributed by atoms with van der Waals surface area (Å²) in [4.78, 5) is 4.44. The summed E-state index contributed by atoms with van der Waals surface area (Å²) >= 11 is 0. The zero-order valence-corrected chi connectivity index (χ0v) is 8.15. The first-order valence-corrected chi connectivity index (χ1v) is 4.35. The maximum absolute atomic E-state index is 4.44. The molecule has 0 rings (SSSR count). The fraction of sp³-hybridized carbons (Fsp3) is 0.889. The molecule has 1 unspecified atom stereocenters. The number of nitrogens with one attached hydrogen (secondary N) is 1. The second-order valence-electron chi connectivity index (χ2n) is 3.09. The van der Waals surface area contributed by atoms with Gasteiger partial charge in [-0.2, -0.15) is 0 Å². The maximum Gasteiger partial charge on any atom is 0.0426 e. The highest BCUT2D eigenvalue weighted by Crippen LogP contribution is 1.94. The van der Waals surface area contributed by atoms with Crippen molar-refractivity contribution in [2.24, 2.45) is 10.9 Å². The number of aliphatic imine (C=N–C) groups is 1. The third-order valence-corrected chi connectivity index (χ3v) is 1.74. The van der Waals surface area contributed by atoms with Gasteiger partial charge in [-0.3, -0.25) is 4.99 Å². The minimum Gasteiger partial charge on any atom is -0.319 e. The molecular formula is C9H20N2. The molecule has 0 heterocycles. The smallest absolute Gasteiger partial charge is 0.0426 e. The molecular weight excluding hydrogens is 136 g/mol. The predicted octanol–water partition coefficient (Wildman–Crippen LogP) is 1.71. The molecule has 11 heavy (non-hydrogen) atoms. The van der Waals surface area contributed by atoms with Crippen LogP contribution in [0.2, 0.25) is 0 Å². The average Bonchev–Trinajstić information content (AvgIpc) is 2.01. The van der Waals surface area contributed by atoms with Crippen molar-refractivity contribution in [3.8, 4) is 0 Å². The Morgan fingerprint density at radius 2 is 2.18 bits per heavy atom. The molecule has 0 fully saturated rings. The van der Waals surface area contributed by atoms with Crippen molar-refractivity contribution < 1.29 is 0 Å². The predicted molar refractivity (Wildman–Crippen MR) is 51.4 cm³/mol. The molecule has 0 radical (unpaired) electrons. The first-order valence-electron chi connectivity index (χ1n) is 4.35. The van der Waals surface area contributed by atoms with Gasteiger partial charge in [-0.05, 0) is 32.9 Å². The molecule has 0 spiro atoms. The zero-order valence-electron chi connectivity index (χ0n) is 8.15. The van der Waals surface area contributed by atoms with Crippen LogP contribution in [0.25, 0.3) is 0 Å². The van der Waals surface area contributed by atoms with E-state index < -0.39 is 0 Å². The van der Waals surface area contributed by atoms with Gasteiger partial charge in [0, 0.05) is 12.3 Å². The van der Waals surface area contributed by atoms with E-state index in [4.69, 9.17) is 0 Å². The Hall–Kier alpha value is -0.370. The highest BCUT2D eigenvalue weighted by Gasteiger charge is 1.97. The Bertz CT molecular complexity index is 119. The molecule has 0 aliphatic carbocycles. The van der Waals surface area contributed by atoms with Crippen LogP contribution in [-0.4, -0.2) is 25.8 Å². The van der Waals surface area contributed by atoms with E-state index in [1.54, 1.807) is 0 Å². The minimum atomic E-state index is 0.654. The fourth-order valence-electron chi connectivity index (χ4n) is 0.836. The number of rotatable bonds is 5. The third kappa shape index (κ3) is 6.05. The van der Waals surface area contributed by atoms with Gasteiger partial charge in [0.15, 0.2) is 0 Å². The van der Waals surface area contributed by atoms with Crippen molar-refractivity contribution in [2.75, 3.05) is 20.1 Å². The van der Waals surface area contributed by atoms with Gasteiger partial charge >= 0.3 is 0 Å². The Kier molecular flexibility index (Phi) is 6.13.